The number of pyridine rings is 1. The molecule has 20 heavy (non-hydrogen) atoms. The summed E-state index contributed by atoms with van der Waals surface area (Å²) in [6.45, 7) is 0.195. The van der Waals surface area contributed by atoms with E-state index in [2.05, 4.69) is 5.32 Å². The molecule has 0 aromatic carbocycles. The van der Waals surface area contributed by atoms with Crippen LogP contribution in [0.15, 0.2) is 41.3 Å². The third-order valence-corrected chi connectivity index (χ3v) is 3.83. The van der Waals surface area contributed by atoms with Gasteiger partial charge in [-0.25, -0.2) is 0 Å². The summed E-state index contributed by atoms with van der Waals surface area (Å²) in [4.78, 5) is 23.7. The molecule has 7 heteroatoms. The molecule has 0 aliphatic heterocycles. The summed E-state index contributed by atoms with van der Waals surface area (Å²) in [5, 5.41) is 12.4. The second-order valence-corrected chi connectivity index (χ2v) is 5.87. The Kier molecular flexibility index (Phi) is 4.94. The van der Waals surface area contributed by atoms with Gasteiger partial charge in [0.05, 0.1) is 21.9 Å². The molecule has 0 bridgehead atoms. The highest BCUT2D eigenvalue weighted by Gasteiger charge is 2.11. The summed E-state index contributed by atoms with van der Waals surface area (Å²) in [6, 6.07) is 8.02. The maximum atomic E-state index is 11.7. The number of aliphatic hydroxyl groups excluding tert-OH is 1. The first-order valence-corrected chi connectivity index (χ1v) is 7.13. The Hall–Kier alpha value is -1.63. The average Bonchev–Trinajstić information content (AvgIpc) is 2.85. The third-order valence-electron chi connectivity index (χ3n) is 2.60. The number of carbonyl (C=O) groups is 1. The summed E-state index contributed by atoms with van der Waals surface area (Å²) >= 11 is 6.91. The van der Waals surface area contributed by atoms with Gasteiger partial charge < -0.3 is 15.0 Å². The molecular weight excluding hydrogens is 300 g/mol. The monoisotopic (exact) mass is 312 g/mol. The lowest BCUT2D eigenvalue weighted by atomic mass is 10.3. The molecule has 1 amide bonds. The van der Waals surface area contributed by atoms with Crippen LogP contribution in [0.4, 0.5) is 0 Å². The lowest BCUT2D eigenvalue weighted by molar-refractivity contribution is 0.0907. The zero-order valence-electron chi connectivity index (χ0n) is 10.5. The molecule has 0 saturated heterocycles. The smallest absolute Gasteiger partial charge is 0.261 e. The normalized spacial score (nSPS) is 12.1. The van der Waals surface area contributed by atoms with Crippen LogP contribution < -0.4 is 10.9 Å². The second-order valence-electron chi connectivity index (χ2n) is 4.16. The lowest BCUT2D eigenvalue weighted by Gasteiger charge is -2.13. The Morgan fingerprint density at radius 3 is 2.85 bits per heavy atom. The number of aliphatic hydroxyl groups is 1. The van der Waals surface area contributed by atoms with Crippen molar-refractivity contribution in [3.8, 4) is 0 Å². The number of hydrogen-bond acceptors (Lipinski definition) is 4. The first-order valence-electron chi connectivity index (χ1n) is 5.93. The van der Waals surface area contributed by atoms with Gasteiger partial charge in [0.2, 0.25) is 0 Å². The van der Waals surface area contributed by atoms with E-state index in [1.807, 2.05) is 0 Å². The van der Waals surface area contributed by atoms with Gasteiger partial charge in [-0.2, -0.15) is 0 Å². The quantitative estimate of drug-likeness (QED) is 0.875. The number of nitrogens with one attached hydrogen (secondary N) is 1. The van der Waals surface area contributed by atoms with Crippen molar-refractivity contribution in [2.24, 2.45) is 0 Å². The molecule has 0 radical (unpaired) electrons. The van der Waals surface area contributed by atoms with Gasteiger partial charge in [-0.05, 0) is 18.2 Å². The molecule has 0 saturated carbocycles. The van der Waals surface area contributed by atoms with E-state index in [-0.39, 0.29) is 24.6 Å². The summed E-state index contributed by atoms with van der Waals surface area (Å²) < 4.78 is 1.92. The van der Waals surface area contributed by atoms with Crippen molar-refractivity contribution in [2.45, 2.75) is 12.6 Å². The molecule has 2 aromatic heterocycles. The minimum atomic E-state index is -0.838. The first kappa shape index (κ1) is 14.8. The Morgan fingerprint density at radius 1 is 1.40 bits per heavy atom. The molecule has 0 spiro atoms. The maximum absolute atomic E-state index is 11.7. The van der Waals surface area contributed by atoms with Gasteiger partial charge in [0.15, 0.2) is 0 Å². The summed E-state index contributed by atoms with van der Waals surface area (Å²) in [5.74, 6) is -0.290. The number of thiophene rings is 1. The van der Waals surface area contributed by atoms with Crippen LogP contribution in [-0.2, 0) is 6.54 Å². The highest BCUT2D eigenvalue weighted by Crippen LogP contribution is 2.20. The minimum absolute atomic E-state index is 0.0652. The van der Waals surface area contributed by atoms with Gasteiger partial charge in [-0.3, -0.25) is 9.59 Å². The predicted octanol–water partition coefficient (Wildman–Crippen LogP) is 1.35. The highest BCUT2D eigenvalue weighted by molar-refractivity contribution is 7.17. The number of rotatable bonds is 5. The van der Waals surface area contributed by atoms with E-state index in [1.165, 1.54) is 22.0 Å². The molecule has 2 aromatic rings. The van der Waals surface area contributed by atoms with Gasteiger partial charge >= 0.3 is 0 Å². The highest BCUT2D eigenvalue weighted by atomic mass is 35.5. The number of amides is 1. The number of aromatic nitrogens is 1. The number of hydrogen-bond donors (Lipinski definition) is 2. The molecule has 0 aliphatic carbocycles. The molecule has 0 aliphatic rings. The molecule has 2 N–H and O–H groups in total. The van der Waals surface area contributed by atoms with Crippen LogP contribution in [0, 0.1) is 0 Å². The molecule has 2 heterocycles. The molecule has 1 atom stereocenters. The SMILES string of the molecule is O=C(NC[C@H](O)Cn1ccccc1=O)c1ccc(Cl)s1. The van der Waals surface area contributed by atoms with Crippen molar-refractivity contribution >= 4 is 28.8 Å². The van der Waals surface area contributed by atoms with E-state index >= 15 is 0 Å². The zero-order chi connectivity index (χ0) is 14.5. The Labute approximate surface area is 124 Å². The van der Waals surface area contributed by atoms with E-state index in [1.54, 1.807) is 30.5 Å². The zero-order valence-corrected chi connectivity index (χ0v) is 12.0. The van der Waals surface area contributed by atoms with Gasteiger partial charge in [-0.1, -0.05) is 17.7 Å². The largest absolute Gasteiger partial charge is 0.389 e. The Morgan fingerprint density at radius 2 is 2.20 bits per heavy atom. The number of nitrogens with zero attached hydrogens (tertiary/aromatic N) is 1. The minimum Gasteiger partial charge on any atom is -0.389 e. The van der Waals surface area contributed by atoms with Gasteiger partial charge in [0.25, 0.3) is 11.5 Å². The van der Waals surface area contributed by atoms with Gasteiger partial charge in [-0.15, -0.1) is 11.3 Å². The topological polar surface area (TPSA) is 71.3 Å². The second kappa shape index (κ2) is 6.69. The van der Waals surface area contributed by atoms with E-state index in [0.29, 0.717) is 9.21 Å². The fourth-order valence-electron chi connectivity index (χ4n) is 1.64. The molecule has 2 rings (SSSR count). The van der Waals surface area contributed by atoms with Crippen molar-refractivity contribution in [1.29, 1.82) is 0 Å². The molecular formula is C13H13ClN2O3S. The summed E-state index contributed by atoms with van der Waals surface area (Å²) in [5.41, 5.74) is -0.192. The summed E-state index contributed by atoms with van der Waals surface area (Å²) in [6.07, 6.45) is 0.751. The third kappa shape index (κ3) is 3.93. The van der Waals surface area contributed by atoms with Crippen molar-refractivity contribution in [3.05, 3.63) is 56.1 Å². The standard InChI is InChI=1S/C13H13ClN2O3S/c14-11-5-4-10(20-11)13(19)15-7-9(17)8-16-6-2-1-3-12(16)18/h1-6,9,17H,7-8H2,(H,15,19)/t9-/m0/s1. The predicted molar refractivity (Wildman–Crippen MR) is 78.4 cm³/mol. The molecule has 5 nitrogen and oxygen atoms in total. The van der Waals surface area contributed by atoms with Crippen LogP contribution in [0.5, 0.6) is 0 Å². The summed E-state index contributed by atoms with van der Waals surface area (Å²) in [7, 11) is 0. The van der Waals surface area contributed by atoms with Crippen LogP contribution in [0.3, 0.4) is 0 Å². The molecule has 0 fully saturated rings. The van der Waals surface area contributed by atoms with Crippen LogP contribution in [0.2, 0.25) is 4.34 Å². The molecule has 106 valence electrons. The number of carbonyl (C=O) groups excluding carboxylic acids is 1. The van der Waals surface area contributed by atoms with Crippen LogP contribution in [0.25, 0.3) is 0 Å². The first-order chi connectivity index (χ1) is 9.56. The van der Waals surface area contributed by atoms with Crippen molar-refractivity contribution in [3.63, 3.8) is 0 Å². The van der Waals surface area contributed by atoms with E-state index < -0.39 is 6.10 Å². The van der Waals surface area contributed by atoms with E-state index in [9.17, 15) is 14.7 Å². The van der Waals surface area contributed by atoms with Gasteiger partial charge in [0, 0.05) is 18.8 Å². The fourth-order valence-corrected chi connectivity index (χ4v) is 2.60. The van der Waals surface area contributed by atoms with Crippen molar-refractivity contribution < 1.29 is 9.90 Å². The lowest BCUT2D eigenvalue weighted by Crippen LogP contribution is -2.36. The molecule has 0 unspecified atom stereocenters. The van der Waals surface area contributed by atoms with Crippen LogP contribution >= 0.6 is 22.9 Å². The van der Waals surface area contributed by atoms with Crippen molar-refractivity contribution in [1.82, 2.24) is 9.88 Å². The Balaban J connectivity index is 1.86. The van der Waals surface area contributed by atoms with Gasteiger partial charge in [0.1, 0.15) is 0 Å². The van der Waals surface area contributed by atoms with Crippen LogP contribution in [0.1, 0.15) is 9.67 Å². The van der Waals surface area contributed by atoms with Crippen molar-refractivity contribution in [2.75, 3.05) is 6.54 Å². The fraction of sp³-hybridized carbons (Fsp3) is 0.231. The van der Waals surface area contributed by atoms with E-state index in [4.69, 9.17) is 11.6 Å². The van der Waals surface area contributed by atoms with Crippen LogP contribution in [-0.4, -0.2) is 28.2 Å². The number of halogens is 1. The average molecular weight is 313 g/mol. The Bertz CT molecular complexity index is 653. The van der Waals surface area contributed by atoms with E-state index in [0.717, 1.165) is 0 Å². The maximum Gasteiger partial charge on any atom is 0.261 e.